The monoisotopic (exact) mass is 694 g/mol. The lowest BCUT2D eigenvalue weighted by atomic mass is 10.0. The number of hydrogen-bond donors (Lipinski definition) is 2. The summed E-state index contributed by atoms with van der Waals surface area (Å²) in [5.74, 6) is 7.97. The summed E-state index contributed by atoms with van der Waals surface area (Å²) in [6, 6.07) is 30.1. The minimum Gasteiger partial charge on any atom is -0.340 e. The van der Waals surface area contributed by atoms with Crippen molar-refractivity contribution in [2.75, 3.05) is 42.3 Å². The number of amides is 2. The largest absolute Gasteiger partial charge is 0.340 e. The molecule has 4 atom stereocenters. The molecule has 6 rings (SSSR count). The lowest BCUT2D eigenvalue weighted by Crippen LogP contribution is -2.39. The van der Waals surface area contributed by atoms with E-state index in [2.05, 4.69) is 21.8 Å². The number of aromatic amines is 2. The molecule has 10 heteroatoms. The second-order valence-electron chi connectivity index (χ2n) is 13.8. The van der Waals surface area contributed by atoms with Crippen LogP contribution in [0.15, 0.2) is 97.1 Å². The van der Waals surface area contributed by atoms with Gasteiger partial charge >= 0.3 is 0 Å². The van der Waals surface area contributed by atoms with Crippen LogP contribution in [0.25, 0.3) is 22.1 Å². The van der Waals surface area contributed by atoms with E-state index in [1.807, 2.05) is 163 Å². The van der Waals surface area contributed by atoms with Gasteiger partial charge in [-0.05, 0) is 89.6 Å². The maximum absolute atomic E-state index is 13.7. The van der Waals surface area contributed by atoms with Crippen LogP contribution < -0.4 is 0 Å². The first-order valence-electron chi connectivity index (χ1n) is 17.4. The van der Waals surface area contributed by atoms with Gasteiger partial charge in [0.1, 0.15) is 23.7 Å². The number of carbonyl (C=O) groups excluding carboxylic acids is 2. The van der Waals surface area contributed by atoms with Gasteiger partial charge in [-0.3, -0.25) is 19.4 Å². The number of likely N-dealkylation sites (N-methyl/N-ethyl adjacent to an activating group) is 4. The topological polar surface area (TPSA) is 104 Å². The van der Waals surface area contributed by atoms with Crippen molar-refractivity contribution < 1.29 is 9.59 Å². The third kappa shape index (κ3) is 7.47. The maximum Gasteiger partial charge on any atom is 0.244 e. The molecule has 0 saturated heterocycles. The molecule has 2 N–H and O–H groups in total. The molecule has 0 fully saturated rings. The minimum absolute atomic E-state index is 0.00643. The Hall–Kier alpha value is -5.76. The van der Waals surface area contributed by atoms with Crippen molar-refractivity contribution in [3.8, 4) is 11.8 Å². The average Bonchev–Trinajstić information content (AvgIpc) is 3.77. The Kier molecular flexibility index (Phi) is 10.6. The van der Waals surface area contributed by atoms with Gasteiger partial charge in [0, 0.05) is 25.2 Å². The van der Waals surface area contributed by atoms with Crippen LogP contribution in [-0.4, -0.2) is 93.6 Å². The summed E-state index contributed by atoms with van der Waals surface area (Å²) in [7, 11) is 11.3. The van der Waals surface area contributed by atoms with E-state index in [0.29, 0.717) is 11.6 Å². The lowest BCUT2D eigenvalue weighted by molar-refractivity contribution is -0.138. The minimum atomic E-state index is -0.401. The van der Waals surface area contributed by atoms with Gasteiger partial charge in [0.15, 0.2) is 0 Å². The third-order valence-corrected chi connectivity index (χ3v) is 9.73. The van der Waals surface area contributed by atoms with Crippen molar-refractivity contribution in [3.63, 3.8) is 0 Å². The second-order valence-corrected chi connectivity index (χ2v) is 13.8. The summed E-state index contributed by atoms with van der Waals surface area (Å²) in [4.78, 5) is 51.1. The summed E-state index contributed by atoms with van der Waals surface area (Å²) in [6.07, 6.45) is 0. The number of nitrogens with zero attached hydrogens (tertiary/aromatic N) is 6. The van der Waals surface area contributed by atoms with Crippen molar-refractivity contribution in [1.82, 2.24) is 39.5 Å². The molecule has 0 radical (unpaired) electrons. The zero-order valence-electron chi connectivity index (χ0n) is 31.0. The molecular formula is C42H46N8O2. The smallest absolute Gasteiger partial charge is 0.244 e. The van der Waals surface area contributed by atoms with Crippen LogP contribution in [0, 0.1) is 11.8 Å². The molecule has 0 unspecified atom stereocenters. The Morgan fingerprint density at radius 1 is 0.558 bits per heavy atom. The number of benzene rings is 4. The fourth-order valence-electron chi connectivity index (χ4n) is 6.48. The van der Waals surface area contributed by atoms with Crippen LogP contribution in [0.4, 0.5) is 0 Å². The summed E-state index contributed by atoms with van der Waals surface area (Å²) < 4.78 is 0. The first-order chi connectivity index (χ1) is 24.9. The quantitative estimate of drug-likeness (QED) is 0.159. The van der Waals surface area contributed by atoms with E-state index in [1.165, 1.54) is 0 Å². The highest BCUT2D eigenvalue weighted by Gasteiger charge is 2.31. The van der Waals surface area contributed by atoms with Crippen LogP contribution in [0.5, 0.6) is 0 Å². The maximum atomic E-state index is 13.7. The average molecular weight is 695 g/mol. The van der Waals surface area contributed by atoms with E-state index < -0.39 is 12.1 Å². The van der Waals surface area contributed by atoms with Crippen molar-refractivity contribution >= 4 is 33.9 Å². The van der Waals surface area contributed by atoms with E-state index in [4.69, 9.17) is 9.97 Å². The predicted molar refractivity (Wildman–Crippen MR) is 206 cm³/mol. The first-order valence-corrected chi connectivity index (χ1v) is 17.4. The van der Waals surface area contributed by atoms with Gasteiger partial charge in [0.25, 0.3) is 0 Å². The highest BCUT2D eigenvalue weighted by Crippen LogP contribution is 2.28. The number of carbonyl (C=O) groups is 2. The van der Waals surface area contributed by atoms with E-state index in [1.54, 1.807) is 9.80 Å². The fraction of sp³-hybridized carbons (Fsp3) is 0.286. The Bertz CT molecular complexity index is 2090. The number of hydrogen-bond acceptors (Lipinski definition) is 6. The molecule has 2 aromatic heterocycles. The van der Waals surface area contributed by atoms with Gasteiger partial charge in [0.05, 0.1) is 34.2 Å². The Labute approximate surface area is 305 Å². The molecule has 6 aromatic rings. The van der Waals surface area contributed by atoms with Crippen molar-refractivity contribution in [2.45, 2.75) is 38.0 Å². The van der Waals surface area contributed by atoms with Gasteiger partial charge in [-0.15, -0.1) is 0 Å². The van der Waals surface area contributed by atoms with Crippen LogP contribution in [0.2, 0.25) is 0 Å². The molecular weight excluding hydrogens is 649 g/mol. The molecule has 52 heavy (non-hydrogen) atoms. The zero-order chi connectivity index (χ0) is 37.1. The highest BCUT2D eigenvalue weighted by atomic mass is 16.2. The standard InChI is InChI=1S/C42H46N8O2/c1-27(49(7)41(51)37(47(3)4)31-15-11-9-12-16-31)39-43-33-23-21-29(25-35(33)45-39)19-20-30-22-24-34-36(26-30)46-40(44-34)28(2)50(8)42(52)38(48(5)6)32-17-13-10-14-18-32/h9-18,21-28,37-38H,1-8H3,(H,43,45)(H,44,46)/t27-,28-,37+,38+/m0/s1. The van der Waals surface area contributed by atoms with E-state index in [9.17, 15) is 9.59 Å². The molecule has 0 aliphatic rings. The molecule has 0 aliphatic carbocycles. The van der Waals surface area contributed by atoms with Gasteiger partial charge < -0.3 is 19.8 Å². The first kappa shape index (κ1) is 36.0. The molecule has 0 saturated carbocycles. The second kappa shape index (κ2) is 15.2. The molecule has 10 nitrogen and oxygen atoms in total. The summed E-state index contributed by atoms with van der Waals surface area (Å²) >= 11 is 0. The van der Waals surface area contributed by atoms with Crippen LogP contribution in [0.1, 0.15) is 71.9 Å². The van der Waals surface area contributed by atoms with Gasteiger partial charge in [-0.2, -0.15) is 0 Å². The van der Waals surface area contributed by atoms with Crippen LogP contribution >= 0.6 is 0 Å². The molecule has 2 heterocycles. The Morgan fingerprint density at radius 2 is 0.923 bits per heavy atom. The molecule has 0 aliphatic heterocycles. The SMILES string of the molecule is C[C@@H](c1nc2ccc(C#Cc3ccc4nc([C@H](C)N(C)C(=O)[C@@H](c5ccccc5)N(C)C)[nH]c4c3)cc2[nH]1)N(C)C(=O)[C@@H](c1ccccc1)N(C)C. The van der Waals surface area contributed by atoms with E-state index in [0.717, 1.165) is 44.3 Å². The number of nitrogens with one attached hydrogen (secondary N) is 2. The third-order valence-electron chi connectivity index (χ3n) is 9.73. The Balaban J connectivity index is 1.17. The summed E-state index contributed by atoms with van der Waals surface area (Å²) in [6.45, 7) is 3.96. The fourth-order valence-corrected chi connectivity index (χ4v) is 6.48. The van der Waals surface area contributed by atoms with Crippen LogP contribution in [0.3, 0.4) is 0 Å². The van der Waals surface area contributed by atoms with Crippen LogP contribution in [-0.2, 0) is 9.59 Å². The lowest BCUT2D eigenvalue weighted by Gasteiger charge is -2.31. The van der Waals surface area contributed by atoms with E-state index in [-0.39, 0.29) is 23.9 Å². The molecule has 0 bridgehead atoms. The number of H-pyrrole nitrogens is 2. The highest BCUT2D eigenvalue weighted by molar-refractivity contribution is 5.85. The van der Waals surface area contributed by atoms with Gasteiger partial charge in [-0.25, -0.2) is 9.97 Å². The summed E-state index contributed by atoms with van der Waals surface area (Å²) in [5.41, 5.74) is 6.90. The van der Waals surface area contributed by atoms with Crippen molar-refractivity contribution in [1.29, 1.82) is 0 Å². The normalized spacial score (nSPS) is 13.8. The molecule has 0 spiro atoms. The summed E-state index contributed by atoms with van der Waals surface area (Å²) in [5, 5.41) is 0. The molecule has 2 amide bonds. The number of rotatable bonds is 10. The van der Waals surface area contributed by atoms with E-state index >= 15 is 0 Å². The zero-order valence-corrected chi connectivity index (χ0v) is 31.0. The molecule has 4 aromatic carbocycles. The predicted octanol–water partition coefficient (Wildman–Crippen LogP) is 6.48. The van der Waals surface area contributed by atoms with Gasteiger partial charge in [0.2, 0.25) is 11.8 Å². The molecule has 266 valence electrons. The van der Waals surface area contributed by atoms with Crippen molar-refractivity contribution in [3.05, 3.63) is 131 Å². The Morgan fingerprint density at radius 3 is 1.27 bits per heavy atom. The number of imidazole rings is 2. The number of aromatic nitrogens is 4. The number of fused-ring (bicyclic) bond motifs is 2. The van der Waals surface area contributed by atoms with Crippen molar-refractivity contribution in [2.24, 2.45) is 0 Å². The van der Waals surface area contributed by atoms with Gasteiger partial charge in [-0.1, -0.05) is 72.5 Å².